The molecule has 0 spiro atoms. The zero-order valence-electron chi connectivity index (χ0n) is 17.5. The van der Waals surface area contributed by atoms with Gasteiger partial charge in [-0.2, -0.15) is 5.10 Å². The van der Waals surface area contributed by atoms with Crippen molar-refractivity contribution >= 4 is 23.1 Å². The van der Waals surface area contributed by atoms with Crippen molar-refractivity contribution in [3.05, 3.63) is 82.8 Å². The molecule has 4 aromatic rings. The molecule has 2 N–H and O–H groups in total. The second-order valence-corrected chi connectivity index (χ2v) is 7.92. The third-order valence-electron chi connectivity index (χ3n) is 4.99. The number of carbonyl (C=O) groups is 1. The minimum Gasteiger partial charge on any atom is -0.310 e. The summed E-state index contributed by atoms with van der Waals surface area (Å²) in [6, 6.07) is 11.3. The highest BCUT2D eigenvalue weighted by atomic mass is 32.1. The maximum atomic E-state index is 13.3. The van der Waals surface area contributed by atoms with Gasteiger partial charge in [-0.05, 0) is 43.2 Å². The van der Waals surface area contributed by atoms with Crippen molar-refractivity contribution in [3.63, 3.8) is 0 Å². The molecule has 32 heavy (non-hydrogen) atoms. The molecule has 0 radical (unpaired) electrons. The van der Waals surface area contributed by atoms with E-state index in [0.717, 1.165) is 22.5 Å². The third-order valence-corrected chi connectivity index (χ3v) is 5.62. The Morgan fingerprint density at radius 2 is 1.97 bits per heavy atom. The van der Waals surface area contributed by atoms with Crippen LogP contribution < -0.4 is 10.6 Å². The first-order valence-electron chi connectivity index (χ1n) is 10.3. The minimum atomic E-state index is -0.535. The summed E-state index contributed by atoms with van der Waals surface area (Å²) in [6.45, 7) is 3.03. The number of benzene rings is 1. The summed E-state index contributed by atoms with van der Waals surface area (Å²) in [5.41, 5.74) is 5.17. The zero-order valence-corrected chi connectivity index (χ0v) is 18.3. The van der Waals surface area contributed by atoms with Crippen molar-refractivity contribution in [1.82, 2.24) is 25.1 Å². The average molecular weight is 451 g/mol. The van der Waals surface area contributed by atoms with Crippen LogP contribution in [0, 0.1) is 5.82 Å². The number of nitrogens with one attached hydrogen (secondary N) is 2. The van der Waals surface area contributed by atoms with Crippen LogP contribution in [0.1, 0.15) is 18.2 Å². The largest absolute Gasteiger partial charge is 0.310 e. The number of rotatable bonds is 9. The lowest BCUT2D eigenvalue weighted by Crippen LogP contribution is -2.42. The molecule has 9 heteroatoms. The standard InChI is InChI=1S/C23H23FN6OS/c1-2-30-22(12-20(29-30)17-7-9-25-10-8-17)28-23(31)21(26-13-19-14-32-15-27-19)11-16-3-5-18(24)6-4-16/h3-10,12,14-15,21,26H,2,11,13H2,1H3,(H,28,31). The summed E-state index contributed by atoms with van der Waals surface area (Å²) in [4.78, 5) is 21.5. The van der Waals surface area contributed by atoms with Crippen LogP contribution in [0.2, 0.25) is 0 Å². The average Bonchev–Trinajstić information content (AvgIpc) is 3.48. The lowest BCUT2D eigenvalue weighted by molar-refractivity contribution is -0.118. The molecular formula is C23H23FN6OS. The number of aryl methyl sites for hydroxylation is 1. The zero-order chi connectivity index (χ0) is 22.3. The number of carbonyl (C=O) groups excluding carboxylic acids is 1. The van der Waals surface area contributed by atoms with Gasteiger partial charge in [0.25, 0.3) is 0 Å². The molecule has 0 saturated carbocycles. The lowest BCUT2D eigenvalue weighted by Gasteiger charge is -2.18. The maximum absolute atomic E-state index is 13.3. The number of nitrogens with zero attached hydrogens (tertiary/aromatic N) is 4. The Bertz CT molecular complexity index is 1150. The van der Waals surface area contributed by atoms with Gasteiger partial charge < -0.3 is 5.32 Å². The van der Waals surface area contributed by atoms with Gasteiger partial charge in [0.15, 0.2) is 0 Å². The topological polar surface area (TPSA) is 84.7 Å². The summed E-state index contributed by atoms with van der Waals surface area (Å²) in [5, 5.41) is 12.8. The lowest BCUT2D eigenvalue weighted by atomic mass is 10.0. The van der Waals surface area contributed by atoms with E-state index in [0.29, 0.717) is 25.3 Å². The van der Waals surface area contributed by atoms with Gasteiger partial charge in [0.1, 0.15) is 11.6 Å². The fraction of sp³-hybridized carbons (Fsp3) is 0.217. The number of thiazole rings is 1. The van der Waals surface area contributed by atoms with Crippen LogP contribution in [0.3, 0.4) is 0 Å². The predicted molar refractivity (Wildman–Crippen MR) is 123 cm³/mol. The highest BCUT2D eigenvalue weighted by Gasteiger charge is 2.21. The molecule has 1 atom stereocenters. The monoisotopic (exact) mass is 450 g/mol. The van der Waals surface area contributed by atoms with Crippen LogP contribution in [0.15, 0.2) is 65.7 Å². The van der Waals surface area contributed by atoms with Crippen LogP contribution in [0.25, 0.3) is 11.3 Å². The molecule has 1 amide bonds. The van der Waals surface area contributed by atoms with Gasteiger partial charge in [-0.15, -0.1) is 11.3 Å². The second-order valence-electron chi connectivity index (χ2n) is 7.20. The number of aromatic nitrogens is 4. The molecule has 164 valence electrons. The molecule has 0 bridgehead atoms. The Morgan fingerprint density at radius 3 is 2.66 bits per heavy atom. The normalized spacial score (nSPS) is 11.9. The molecule has 0 aliphatic carbocycles. The van der Waals surface area contributed by atoms with E-state index in [9.17, 15) is 9.18 Å². The van der Waals surface area contributed by atoms with E-state index in [1.807, 2.05) is 30.5 Å². The first-order valence-corrected chi connectivity index (χ1v) is 11.2. The van der Waals surface area contributed by atoms with E-state index in [-0.39, 0.29) is 11.7 Å². The van der Waals surface area contributed by atoms with Crippen molar-refractivity contribution in [3.8, 4) is 11.3 Å². The molecule has 1 unspecified atom stereocenters. The number of anilines is 1. The summed E-state index contributed by atoms with van der Waals surface area (Å²) in [5.74, 6) is 0.116. The Balaban J connectivity index is 1.53. The first kappa shape index (κ1) is 21.8. The summed E-state index contributed by atoms with van der Waals surface area (Å²) >= 11 is 1.50. The van der Waals surface area contributed by atoms with Crippen LogP contribution in [0.4, 0.5) is 10.2 Å². The van der Waals surface area contributed by atoms with Gasteiger partial charge in [0.2, 0.25) is 5.91 Å². The molecule has 0 aliphatic heterocycles. The summed E-state index contributed by atoms with van der Waals surface area (Å²) in [7, 11) is 0. The van der Waals surface area contributed by atoms with Gasteiger partial charge in [0, 0.05) is 42.5 Å². The van der Waals surface area contributed by atoms with Crippen LogP contribution in [-0.2, 0) is 24.3 Å². The Hall–Kier alpha value is -3.43. The van der Waals surface area contributed by atoms with Gasteiger partial charge in [-0.3, -0.25) is 15.1 Å². The van der Waals surface area contributed by atoms with Crippen LogP contribution >= 0.6 is 11.3 Å². The molecule has 1 aromatic carbocycles. The smallest absolute Gasteiger partial charge is 0.243 e. The van der Waals surface area contributed by atoms with E-state index >= 15 is 0 Å². The molecule has 0 saturated heterocycles. The number of halogens is 1. The van der Waals surface area contributed by atoms with Crippen molar-refractivity contribution < 1.29 is 9.18 Å². The van der Waals surface area contributed by atoms with Gasteiger partial charge >= 0.3 is 0 Å². The molecule has 7 nitrogen and oxygen atoms in total. The number of hydrogen-bond acceptors (Lipinski definition) is 6. The summed E-state index contributed by atoms with van der Waals surface area (Å²) in [6.07, 6.45) is 3.83. The van der Waals surface area contributed by atoms with E-state index < -0.39 is 6.04 Å². The van der Waals surface area contributed by atoms with E-state index in [4.69, 9.17) is 0 Å². The first-order chi connectivity index (χ1) is 15.6. The Labute approximate surface area is 189 Å². The predicted octanol–water partition coefficient (Wildman–Crippen LogP) is 3.90. The minimum absolute atomic E-state index is 0.194. The number of amides is 1. The van der Waals surface area contributed by atoms with Gasteiger partial charge in [-0.1, -0.05) is 12.1 Å². The Morgan fingerprint density at radius 1 is 1.19 bits per heavy atom. The van der Waals surface area contributed by atoms with Crippen LogP contribution in [0.5, 0.6) is 0 Å². The molecular weight excluding hydrogens is 427 g/mol. The molecule has 3 heterocycles. The maximum Gasteiger partial charge on any atom is 0.243 e. The second kappa shape index (κ2) is 10.3. The number of pyridine rings is 1. The van der Waals surface area contributed by atoms with Crippen molar-refractivity contribution in [2.45, 2.75) is 32.5 Å². The fourth-order valence-corrected chi connectivity index (χ4v) is 3.86. The molecule has 0 aliphatic rings. The van der Waals surface area contributed by atoms with Crippen molar-refractivity contribution in [2.24, 2.45) is 0 Å². The third kappa shape index (κ3) is 5.43. The van der Waals surface area contributed by atoms with Gasteiger partial charge in [-0.25, -0.2) is 14.1 Å². The van der Waals surface area contributed by atoms with Crippen LogP contribution in [-0.4, -0.2) is 31.7 Å². The number of hydrogen-bond donors (Lipinski definition) is 2. The summed E-state index contributed by atoms with van der Waals surface area (Å²) < 4.78 is 15.1. The highest BCUT2D eigenvalue weighted by molar-refractivity contribution is 7.07. The van der Waals surface area contributed by atoms with E-state index in [2.05, 4.69) is 25.7 Å². The SMILES string of the molecule is CCn1nc(-c2ccncc2)cc1NC(=O)C(Cc1ccc(F)cc1)NCc1cscn1. The quantitative estimate of drug-likeness (QED) is 0.404. The highest BCUT2D eigenvalue weighted by Crippen LogP contribution is 2.21. The Kier molecular flexibility index (Phi) is 6.98. The van der Waals surface area contributed by atoms with E-state index in [1.165, 1.54) is 23.5 Å². The molecule has 3 aromatic heterocycles. The fourth-order valence-electron chi connectivity index (χ4n) is 3.30. The molecule has 0 fully saturated rings. The van der Waals surface area contributed by atoms with Gasteiger partial charge in [0.05, 0.1) is 22.9 Å². The van der Waals surface area contributed by atoms with E-state index in [1.54, 1.807) is 34.7 Å². The molecule has 4 rings (SSSR count). The van der Waals surface area contributed by atoms with Crippen molar-refractivity contribution in [2.75, 3.05) is 5.32 Å². The van der Waals surface area contributed by atoms with Crippen molar-refractivity contribution in [1.29, 1.82) is 0 Å².